The molecule has 3 rings (SSSR count). The monoisotopic (exact) mass is 343 g/mol. The van der Waals surface area contributed by atoms with Crippen LogP contribution in [0.1, 0.15) is 12.0 Å². The Morgan fingerprint density at radius 1 is 1.44 bits per heavy atom. The van der Waals surface area contributed by atoms with Gasteiger partial charge in [-0.3, -0.25) is 4.79 Å². The molecule has 1 aromatic heterocycles. The molecule has 0 aromatic carbocycles. The molecule has 2 saturated heterocycles. The van der Waals surface area contributed by atoms with Crippen LogP contribution < -0.4 is 10.2 Å². The number of anilines is 2. The van der Waals surface area contributed by atoms with Crippen molar-refractivity contribution < 1.29 is 9.53 Å². The molecule has 1 N–H and O–H groups in total. The fourth-order valence-electron chi connectivity index (χ4n) is 3.66. The Kier molecular flexibility index (Phi) is 5.33. The van der Waals surface area contributed by atoms with Gasteiger partial charge in [-0.25, -0.2) is 9.97 Å². The maximum atomic E-state index is 12.1. The van der Waals surface area contributed by atoms with Crippen LogP contribution in [0.3, 0.4) is 0 Å². The molecule has 2 fully saturated rings. The summed E-state index contributed by atoms with van der Waals surface area (Å²) in [5.74, 6) is 1.67. The number of hydrogen-bond donors (Lipinski definition) is 1. The molecule has 0 spiro atoms. The zero-order chi connectivity index (χ0) is 17.8. The highest BCUT2D eigenvalue weighted by Gasteiger charge is 2.39. The van der Waals surface area contributed by atoms with Gasteiger partial charge in [0.25, 0.3) is 0 Å². The average molecular weight is 343 g/mol. The quantitative estimate of drug-likeness (QED) is 0.641. The number of piperidine rings is 1. The highest BCUT2D eigenvalue weighted by atomic mass is 16.5. The van der Waals surface area contributed by atoms with Gasteiger partial charge in [0, 0.05) is 32.2 Å². The first-order valence-electron chi connectivity index (χ1n) is 8.61. The first-order chi connectivity index (χ1) is 12.2. The van der Waals surface area contributed by atoms with E-state index >= 15 is 0 Å². The van der Waals surface area contributed by atoms with Crippen LogP contribution in [-0.4, -0.2) is 66.2 Å². The van der Waals surface area contributed by atoms with Gasteiger partial charge in [-0.15, -0.1) is 6.58 Å². The second-order valence-electron chi connectivity index (χ2n) is 6.21. The molecule has 2 aliphatic rings. The summed E-state index contributed by atoms with van der Waals surface area (Å²) < 4.78 is 5.97. The van der Waals surface area contributed by atoms with Gasteiger partial charge in [-0.2, -0.15) is 0 Å². The number of carbonyl (C=O) groups excluding carboxylic acids is 1. The SMILES string of the molecule is C=CCc1c(NC)ncnc1N1CCOC2CCN(C(=O)C=C)CC21. The number of carbonyl (C=O) groups is 1. The fraction of sp³-hybridized carbons (Fsp3) is 0.500. The molecule has 2 aliphatic heterocycles. The van der Waals surface area contributed by atoms with Crippen molar-refractivity contribution in [3.63, 3.8) is 0 Å². The van der Waals surface area contributed by atoms with Gasteiger partial charge in [-0.1, -0.05) is 12.7 Å². The van der Waals surface area contributed by atoms with E-state index in [1.807, 2.05) is 18.0 Å². The second kappa shape index (κ2) is 7.65. The molecule has 2 unspecified atom stereocenters. The topological polar surface area (TPSA) is 70.6 Å². The van der Waals surface area contributed by atoms with E-state index in [1.165, 1.54) is 6.08 Å². The number of hydrogen-bond acceptors (Lipinski definition) is 6. The van der Waals surface area contributed by atoms with E-state index in [4.69, 9.17) is 4.74 Å². The normalized spacial score (nSPS) is 22.9. The van der Waals surface area contributed by atoms with E-state index in [0.29, 0.717) is 26.1 Å². The number of rotatable bonds is 5. The van der Waals surface area contributed by atoms with Crippen molar-refractivity contribution in [1.29, 1.82) is 0 Å². The van der Waals surface area contributed by atoms with Gasteiger partial charge in [0.1, 0.15) is 18.0 Å². The van der Waals surface area contributed by atoms with E-state index in [-0.39, 0.29) is 18.1 Å². The van der Waals surface area contributed by atoms with Crippen molar-refractivity contribution in [3.8, 4) is 0 Å². The van der Waals surface area contributed by atoms with E-state index in [0.717, 1.165) is 30.2 Å². The van der Waals surface area contributed by atoms with Gasteiger partial charge >= 0.3 is 0 Å². The third kappa shape index (κ3) is 3.37. The maximum absolute atomic E-state index is 12.1. The third-order valence-corrected chi connectivity index (χ3v) is 4.85. The molecule has 1 aromatic rings. The zero-order valence-electron chi connectivity index (χ0n) is 14.6. The molecule has 1 amide bonds. The van der Waals surface area contributed by atoms with Gasteiger partial charge in [0.15, 0.2) is 0 Å². The van der Waals surface area contributed by atoms with E-state index in [1.54, 1.807) is 6.33 Å². The fourth-order valence-corrected chi connectivity index (χ4v) is 3.66. The van der Waals surface area contributed by atoms with Crippen molar-refractivity contribution >= 4 is 17.5 Å². The summed E-state index contributed by atoms with van der Waals surface area (Å²) in [6.45, 7) is 10.2. The standard InChI is InChI=1S/C18H25N5O2/c1-4-6-13-17(19-3)20-12-21-18(13)23-9-10-25-15-7-8-22(11-14(15)23)16(24)5-2/h4-5,12,14-15H,1-2,6-11H2,3H3,(H,19,20,21). The van der Waals surface area contributed by atoms with Gasteiger partial charge in [-0.05, 0) is 18.9 Å². The van der Waals surface area contributed by atoms with Gasteiger partial charge < -0.3 is 19.9 Å². The first-order valence-corrected chi connectivity index (χ1v) is 8.61. The van der Waals surface area contributed by atoms with Crippen LogP contribution in [0, 0.1) is 0 Å². The number of nitrogens with zero attached hydrogens (tertiary/aromatic N) is 4. The lowest BCUT2D eigenvalue weighted by molar-refractivity contribution is -0.130. The maximum Gasteiger partial charge on any atom is 0.246 e. The van der Waals surface area contributed by atoms with Crippen LogP contribution in [-0.2, 0) is 16.0 Å². The first kappa shape index (κ1) is 17.4. The highest BCUT2D eigenvalue weighted by molar-refractivity contribution is 5.87. The molecule has 2 atom stereocenters. The molecule has 134 valence electrons. The zero-order valence-corrected chi connectivity index (χ0v) is 14.6. The number of allylic oxidation sites excluding steroid dienone is 1. The van der Waals surface area contributed by atoms with E-state index < -0.39 is 0 Å². The minimum absolute atomic E-state index is 0.0334. The number of ether oxygens (including phenoxy) is 1. The van der Waals surface area contributed by atoms with Crippen LogP contribution in [0.2, 0.25) is 0 Å². The lowest BCUT2D eigenvalue weighted by Crippen LogP contribution is -2.61. The Labute approximate surface area is 148 Å². The number of amides is 1. The Bertz CT molecular complexity index is 663. The summed E-state index contributed by atoms with van der Waals surface area (Å²) in [5, 5.41) is 3.13. The predicted molar refractivity (Wildman–Crippen MR) is 97.7 cm³/mol. The molecule has 0 bridgehead atoms. The average Bonchev–Trinajstić information content (AvgIpc) is 2.67. The van der Waals surface area contributed by atoms with Crippen molar-refractivity contribution in [1.82, 2.24) is 14.9 Å². The Morgan fingerprint density at radius 2 is 2.28 bits per heavy atom. The van der Waals surface area contributed by atoms with Crippen LogP contribution in [0.15, 0.2) is 31.6 Å². The minimum Gasteiger partial charge on any atom is -0.374 e. The minimum atomic E-state index is -0.0334. The largest absolute Gasteiger partial charge is 0.374 e. The lowest BCUT2D eigenvalue weighted by Gasteiger charge is -2.47. The summed E-state index contributed by atoms with van der Waals surface area (Å²) in [4.78, 5) is 25.0. The van der Waals surface area contributed by atoms with Crippen molar-refractivity contribution in [3.05, 3.63) is 37.2 Å². The summed E-state index contributed by atoms with van der Waals surface area (Å²) in [5.41, 5.74) is 1.02. The van der Waals surface area contributed by atoms with Crippen LogP contribution >= 0.6 is 0 Å². The van der Waals surface area contributed by atoms with Crippen LogP contribution in [0.25, 0.3) is 0 Å². The van der Waals surface area contributed by atoms with Crippen molar-refractivity contribution in [2.24, 2.45) is 0 Å². The number of aromatic nitrogens is 2. The number of nitrogens with one attached hydrogen (secondary N) is 1. The van der Waals surface area contributed by atoms with Crippen molar-refractivity contribution in [2.75, 3.05) is 43.5 Å². The molecule has 7 heteroatoms. The molecule has 0 saturated carbocycles. The summed E-state index contributed by atoms with van der Waals surface area (Å²) in [6.07, 6.45) is 6.41. The van der Waals surface area contributed by atoms with E-state index in [2.05, 4.69) is 33.3 Å². The Hall–Kier alpha value is -2.41. The summed E-state index contributed by atoms with van der Waals surface area (Å²) in [7, 11) is 1.85. The highest BCUT2D eigenvalue weighted by Crippen LogP contribution is 2.31. The van der Waals surface area contributed by atoms with Crippen LogP contribution in [0.4, 0.5) is 11.6 Å². The Balaban J connectivity index is 1.94. The molecule has 0 aliphatic carbocycles. The lowest BCUT2D eigenvalue weighted by atomic mass is 9.97. The van der Waals surface area contributed by atoms with Gasteiger partial charge in [0.2, 0.25) is 5.91 Å². The van der Waals surface area contributed by atoms with Gasteiger partial charge in [0.05, 0.1) is 18.8 Å². The van der Waals surface area contributed by atoms with Crippen LogP contribution in [0.5, 0.6) is 0 Å². The second-order valence-corrected chi connectivity index (χ2v) is 6.21. The summed E-state index contributed by atoms with van der Waals surface area (Å²) in [6, 6.07) is 0.0783. The number of likely N-dealkylation sites (tertiary alicyclic amines) is 1. The molecule has 3 heterocycles. The number of fused-ring (bicyclic) bond motifs is 1. The molecular weight excluding hydrogens is 318 g/mol. The molecule has 7 nitrogen and oxygen atoms in total. The van der Waals surface area contributed by atoms with Crippen molar-refractivity contribution in [2.45, 2.75) is 25.0 Å². The Morgan fingerprint density at radius 3 is 3.00 bits per heavy atom. The predicted octanol–water partition coefficient (Wildman–Crippen LogP) is 1.24. The molecular formula is C18H25N5O2. The smallest absolute Gasteiger partial charge is 0.246 e. The molecule has 25 heavy (non-hydrogen) atoms. The van der Waals surface area contributed by atoms with E-state index in [9.17, 15) is 4.79 Å². The third-order valence-electron chi connectivity index (χ3n) is 4.85. The number of morpholine rings is 1. The summed E-state index contributed by atoms with van der Waals surface area (Å²) >= 11 is 0. The molecule has 0 radical (unpaired) electrons.